The molecule has 0 rings (SSSR count). The maximum Gasteiger partial charge on any atom is 0.460 e. The Hall–Kier alpha value is -0.530. The van der Waals surface area contributed by atoms with Crippen molar-refractivity contribution in [2.24, 2.45) is 0 Å². The number of hydrogen-bond acceptors (Lipinski definition) is 0. The molecule has 0 bridgehead atoms. The van der Waals surface area contributed by atoms with E-state index in [-0.39, 0.29) is 22.6 Å². The van der Waals surface area contributed by atoms with Crippen molar-refractivity contribution >= 4 is 22.6 Å². The van der Waals surface area contributed by atoms with E-state index in [4.69, 9.17) is 0 Å². The second-order valence-corrected chi connectivity index (χ2v) is 6.60. The first kappa shape index (κ1) is 28.5. The Bertz CT molecular complexity index is 586. The molecule has 0 amide bonds. The average molecular weight is 592 g/mol. The van der Waals surface area contributed by atoms with Gasteiger partial charge >= 0.3 is 47.6 Å². The number of halogens is 19. The minimum atomic E-state index is -8.67. The maximum atomic E-state index is 13.2. The van der Waals surface area contributed by atoms with Gasteiger partial charge in [0.15, 0.2) is 4.18 Å². The van der Waals surface area contributed by atoms with Crippen molar-refractivity contribution in [3.8, 4) is 0 Å². The van der Waals surface area contributed by atoms with Crippen LogP contribution >= 0.6 is 22.6 Å². The van der Waals surface area contributed by atoms with Gasteiger partial charge in [-0.3, -0.25) is 0 Å². The van der Waals surface area contributed by atoms with E-state index in [0.29, 0.717) is 0 Å². The first-order valence-corrected chi connectivity index (χ1v) is 7.41. The summed E-state index contributed by atoms with van der Waals surface area (Å²) in [5.74, 6) is -56.9. The van der Waals surface area contributed by atoms with Crippen LogP contribution in [0, 0.1) is 0 Å². The molecular formula is C10H3F18I. The third-order valence-electron chi connectivity index (χ3n) is 3.20. The van der Waals surface area contributed by atoms with Crippen LogP contribution in [0.2, 0.25) is 0 Å². The van der Waals surface area contributed by atoms with Crippen molar-refractivity contribution in [1.82, 2.24) is 0 Å². The van der Waals surface area contributed by atoms with Crippen LogP contribution < -0.4 is 0 Å². The number of rotatable bonds is 8. The second kappa shape index (κ2) is 7.27. The van der Waals surface area contributed by atoms with Gasteiger partial charge in [0.1, 0.15) is 0 Å². The molecule has 0 aliphatic heterocycles. The lowest BCUT2D eigenvalue weighted by Crippen LogP contribution is -2.74. The van der Waals surface area contributed by atoms with E-state index in [9.17, 15) is 79.0 Å². The van der Waals surface area contributed by atoms with Crippen LogP contribution in [0.1, 0.15) is 6.42 Å². The molecule has 0 radical (unpaired) electrons. The zero-order valence-corrected chi connectivity index (χ0v) is 14.6. The Kier molecular flexibility index (Phi) is 7.13. The zero-order chi connectivity index (χ0) is 24.3. The Morgan fingerprint density at radius 1 is 0.448 bits per heavy atom. The van der Waals surface area contributed by atoms with Crippen molar-refractivity contribution in [1.29, 1.82) is 0 Å². The van der Waals surface area contributed by atoms with Gasteiger partial charge in [-0.2, -0.15) is 74.6 Å². The van der Waals surface area contributed by atoms with Gasteiger partial charge in [0.25, 0.3) is 0 Å². The summed E-state index contributed by atoms with van der Waals surface area (Å²) in [6.45, 7) is 0. The summed E-state index contributed by atoms with van der Waals surface area (Å²) in [6, 6.07) is 0. The lowest BCUT2D eigenvalue weighted by molar-refractivity contribution is -0.461. The van der Waals surface area contributed by atoms with E-state index < -0.39 is 58.2 Å². The topological polar surface area (TPSA) is 0 Å². The van der Waals surface area contributed by atoms with Crippen LogP contribution in [-0.2, 0) is 0 Å². The predicted octanol–water partition coefficient (Wildman–Crippen LogP) is 7.12. The fourth-order valence-corrected chi connectivity index (χ4v) is 2.07. The summed E-state index contributed by atoms with van der Waals surface area (Å²) in [5.41, 5.74) is 0. The normalized spacial score (nSPS) is 17.5. The molecule has 29 heavy (non-hydrogen) atoms. The highest BCUT2D eigenvalue weighted by Crippen LogP contribution is 2.64. The van der Waals surface area contributed by atoms with Crippen molar-refractivity contribution < 1.29 is 79.0 Å². The third kappa shape index (κ3) is 3.91. The van der Waals surface area contributed by atoms with E-state index in [1.807, 2.05) is 0 Å². The number of hydrogen-bond donors (Lipinski definition) is 0. The zero-order valence-electron chi connectivity index (χ0n) is 12.5. The van der Waals surface area contributed by atoms with Gasteiger partial charge in [-0.15, -0.1) is 0 Å². The second-order valence-electron chi connectivity index (χ2n) is 5.24. The largest absolute Gasteiger partial charge is 0.460 e. The lowest BCUT2D eigenvalue weighted by Gasteiger charge is -2.42. The van der Waals surface area contributed by atoms with Crippen LogP contribution in [0.4, 0.5) is 79.0 Å². The monoisotopic (exact) mass is 592 g/mol. The molecule has 0 aromatic rings. The highest BCUT2D eigenvalue weighted by molar-refractivity contribution is 14.1. The molecule has 0 aromatic carbocycles. The molecule has 0 saturated heterocycles. The molecule has 19 heteroatoms. The fourth-order valence-electron chi connectivity index (χ4n) is 1.52. The molecule has 1 atom stereocenters. The van der Waals surface area contributed by atoms with Crippen LogP contribution in [0.3, 0.4) is 0 Å². The highest BCUT2D eigenvalue weighted by atomic mass is 127. The molecule has 0 saturated carbocycles. The summed E-state index contributed by atoms with van der Waals surface area (Å²) in [5, 5.41) is 0. The van der Waals surface area contributed by atoms with Gasteiger partial charge in [-0.1, -0.05) is 0 Å². The quantitative estimate of drug-likeness (QED) is 0.160. The smallest absolute Gasteiger partial charge is 0.236 e. The van der Waals surface area contributed by atoms with E-state index >= 15 is 0 Å². The van der Waals surface area contributed by atoms with Crippen molar-refractivity contribution in [3.05, 3.63) is 0 Å². The molecule has 0 nitrogen and oxygen atoms in total. The highest BCUT2D eigenvalue weighted by Gasteiger charge is 2.95. The van der Waals surface area contributed by atoms with Crippen LogP contribution in [-0.4, -0.2) is 51.8 Å². The van der Waals surface area contributed by atoms with Crippen LogP contribution in [0.5, 0.6) is 0 Å². The van der Waals surface area contributed by atoms with Gasteiger partial charge in [0.2, 0.25) is 0 Å². The van der Waals surface area contributed by atoms with Crippen LogP contribution in [0.25, 0.3) is 0 Å². The van der Waals surface area contributed by atoms with Crippen molar-refractivity contribution in [3.63, 3.8) is 0 Å². The fraction of sp³-hybridized carbons (Fsp3) is 1.00. The van der Waals surface area contributed by atoms with Gasteiger partial charge in [-0.25, -0.2) is 4.39 Å². The Labute approximate surface area is 160 Å². The van der Waals surface area contributed by atoms with Gasteiger partial charge in [0, 0.05) is 0 Å². The van der Waals surface area contributed by atoms with E-state index in [1.165, 1.54) is 0 Å². The lowest BCUT2D eigenvalue weighted by atomic mass is 9.88. The van der Waals surface area contributed by atoms with Crippen LogP contribution in [0.15, 0.2) is 0 Å². The molecule has 0 fully saturated rings. The van der Waals surface area contributed by atoms with Crippen molar-refractivity contribution in [2.45, 2.75) is 58.2 Å². The first-order valence-electron chi connectivity index (χ1n) is 6.16. The van der Waals surface area contributed by atoms with Gasteiger partial charge in [0.05, 0.1) is 6.42 Å². The molecule has 0 aromatic heterocycles. The summed E-state index contributed by atoms with van der Waals surface area (Å²) < 4.78 is 226. The SMILES string of the molecule is FC(I)CC(F)(F)C(F)(F)C(F)(F)C(F)(F)C(F)(F)C(F)(F)C(F)(F)C(F)(F)F. The Morgan fingerprint density at radius 2 is 0.690 bits per heavy atom. The summed E-state index contributed by atoms with van der Waals surface area (Å²) in [7, 11) is 0. The molecule has 0 heterocycles. The van der Waals surface area contributed by atoms with Crippen molar-refractivity contribution in [2.75, 3.05) is 0 Å². The Morgan fingerprint density at radius 3 is 0.931 bits per heavy atom. The van der Waals surface area contributed by atoms with Gasteiger partial charge in [-0.05, 0) is 22.6 Å². The summed E-state index contributed by atoms with van der Waals surface area (Å²) in [6.07, 6.45) is -10.9. The van der Waals surface area contributed by atoms with E-state index in [0.717, 1.165) is 0 Å². The average Bonchev–Trinajstić information content (AvgIpc) is 2.43. The molecule has 0 aliphatic carbocycles. The van der Waals surface area contributed by atoms with E-state index in [2.05, 4.69) is 0 Å². The molecule has 1 unspecified atom stereocenters. The minimum absolute atomic E-state index is 0.200. The molecular weight excluding hydrogens is 589 g/mol. The maximum absolute atomic E-state index is 13.2. The molecule has 0 N–H and O–H groups in total. The van der Waals surface area contributed by atoms with Gasteiger partial charge < -0.3 is 0 Å². The molecule has 0 spiro atoms. The standard InChI is InChI=1S/C10H3F18I/c11-2(29)1-3(12,13)4(14,15)5(16,17)6(18,19)7(20,21)8(22,23)9(24,25)10(26,27)28/h2H,1H2. The first-order chi connectivity index (χ1) is 12.2. The predicted molar refractivity (Wildman–Crippen MR) is 64.2 cm³/mol. The Balaban J connectivity index is 6.65. The third-order valence-corrected chi connectivity index (χ3v) is 3.64. The summed E-state index contributed by atoms with van der Waals surface area (Å²) >= 11 is 0.200. The number of alkyl halides is 19. The molecule has 176 valence electrons. The molecule has 0 aliphatic rings. The summed E-state index contributed by atoms with van der Waals surface area (Å²) in [4.78, 5) is 0. The van der Waals surface area contributed by atoms with E-state index in [1.54, 1.807) is 0 Å². The minimum Gasteiger partial charge on any atom is -0.236 e.